The van der Waals surface area contributed by atoms with Crippen LogP contribution in [0.5, 0.6) is 0 Å². The molecule has 5 aromatic rings. The zero-order valence-electron chi connectivity index (χ0n) is 39.1. The van der Waals surface area contributed by atoms with Crippen LogP contribution in [-0.2, 0) is 0 Å². The average Bonchev–Trinajstić information content (AvgIpc) is 3.27. The molecular weight excluding hydrogens is 733 g/mol. The molecule has 0 bridgehead atoms. The maximum atomic E-state index is 12.2. The summed E-state index contributed by atoms with van der Waals surface area (Å²) in [5.74, 6) is 0.312. The number of rotatable bonds is 12. The van der Waals surface area contributed by atoms with Gasteiger partial charge in [0.1, 0.15) is 5.76 Å². The Kier molecular flexibility index (Phi) is 24.3. The predicted octanol–water partition coefficient (Wildman–Crippen LogP) is 15.0. The van der Waals surface area contributed by atoms with E-state index in [1.165, 1.54) is 110 Å². The molecule has 5 aromatic carbocycles. The lowest BCUT2D eigenvalue weighted by molar-refractivity contribution is 0.370. The molecule has 0 spiro atoms. The Morgan fingerprint density at radius 1 is 0.683 bits per heavy atom. The molecule has 60 heavy (non-hydrogen) atoms. The van der Waals surface area contributed by atoms with Crippen molar-refractivity contribution in [2.24, 2.45) is 5.73 Å². The van der Waals surface area contributed by atoms with Gasteiger partial charge in [-0.1, -0.05) is 142 Å². The van der Waals surface area contributed by atoms with Crippen LogP contribution in [0, 0.1) is 0 Å². The second kappa shape index (κ2) is 27.3. The molecule has 0 saturated heterocycles. The van der Waals surface area contributed by atoms with E-state index in [2.05, 4.69) is 149 Å². The fourth-order valence-corrected chi connectivity index (χ4v) is 8.32. The summed E-state index contributed by atoms with van der Waals surface area (Å²) in [7, 11) is 1.50. The van der Waals surface area contributed by atoms with Crippen molar-refractivity contribution in [3.63, 3.8) is 0 Å². The summed E-state index contributed by atoms with van der Waals surface area (Å²) in [5.41, 5.74) is 12.7. The van der Waals surface area contributed by atoms with Crippen molar-refractivity contribution in [3.8, 4) is 0 Å². The number of hydrogen-bond donors (Lipinski definition) is 4. The average molecular weight is 817 g/mol. The first-order valence-electron chi connectivity index (χ1n) is 22.8. The maximum Gasteiger partial charge on any atom is 0.112 e. The topological polar surface area (TPSA) is 96.5 Å². The molecule has 7 rings (SSSR count). The standard InChI is InChI=1S/C44H48N2O.C5H12.2C2H6.CH5N.CH4.H3N/c1-6-9-14-23-45-39-21-19-33(35-24-29-15-10-12-17-31(29)26-37(35)39)42-41(28(4)5)43(44(42)47)34-20-22-40(46(7-2)8-3)38-27-32-18-13-11-16-30(32)25-36(34)38;1-3-5-4-2;3*1-2;;/h10,12,15-22,24-27,42,45,47H,6-9,11,13-14,23H2,1-5H3;3-5H2,1-2H3;2*1-2H3;2H2,1H3;1H4;1H3. The maximum absolute atomic E-state index is 12.2. The van der Waals surface area contributed by atoms with Gasteiger partial charge in [0.25, 0.3) is 0 Å². The summed E-state index contributed by atoms with van der Waals surface area (Å²) in [6, 6.07) is 27.1. The normalized spacial score (nSPS) is 13.3. The van der Waals surface area contributed by atoms with Gasteiger partial charge < -0.3 is 27.2 Å². The van der Waals surface area contributed by atoms with Crippen LogP contribution in [-0.4, -0.2) is 31.8 Å². The first kappa shape index (κ1) is 53.4. The van der Waals surface area contributed by atoms with Gasteiger partial charge in [-0.25, -0.2) is 0 Å². The molecule has 2 aliphatic rings. The molecule has 1 atom stereocenters. The Morgan fingerprint density at radius 3 is 1.75 bits per heavy atom. The molecule has 0 fully saturated rings. The van der Waals surface area contributed by atoms with E-state index >= 15 is 0 Å². The second-order valence-corrected chi connectivity index (χ2v) is 14.9. The van der Waals surface area contributed by atoms with Crippen molar-refractivity contribution in [2.45, 2.75) is 141 Å². The zero-order chi connectivity index (χ0) is 42.8. The molecule has 2 aliphatic carbocycles. The molecule has 7 N–H and O–H groups in total. The van der Waals surface area contributed by atoms with Crippen molar-refractivity contribution in [2.75, 3.05) is 36.9 Å². The van der Waals surface area contributed by atoms with E-state index in [4.69, 9.17) is 0 Å². The van der Waals surface area contributed by atoms with Gasteiger partial charge in [0.05, 0.1) is 5.92 Å². The zero-order valence-corrected chi connectivity index (χ0v) is 39.1. The fraction of sp³-hybridized carbons (Fsp3) is 0.455. The third kappa shape index (κ3) is 11.8. The van der Waals surface area contributed by atoms with Crippen LogP contribution in [0.3, 0.4) is 0 Å². The minimum atomic E-state index is -0.164. The molecule has 0 heterocycles. The third-order valence-electron chi connectivity index (χ3n) is 11.1. The molecule has 330 valence electrons. The number of hydrogen-bond acceptors (Lipinski definition) is 5. The third-order valence-corrected chi connectivity index (χ3v) is 11.1. The minimum absolute atomic E-state index is 0. The first-order valence-corrected chi connectivity index (χ1v) is 22.8. The first-order chi connectivity index (χ1) is 28.4. The van der Waals surface area contributed by atoms with E-state index in [-0.39, 0.29) is 19.5 Å². The Morgan fingerprint density at radius 2 is 1.23 bits per heavy atom. The molecule has 0 aliphatic heterocycles. The van der Waals surface area contributed by atoms with Crippen molar-refractivity contribution in [1.82, 2.24) is 6.15 Å². The van der Waals surface area contributed by atoms with Crippen molar-refractivity contribution < 1.29 is 5.11 Å². The summed E-state index contributed by atoms with van der Waals surface area (Å²) < 4.78 is 0. The summed E-state index contributed by atoms with van der Waals surface area (Å²) in [6.45, 7) is 26.4. The van der Waals surface area contributed by atoms with Crippen LogP contribution >= 0.6 is 0 Å². The van der Waals surface area contributed by atoms with Crippen LogP contribution in [0.2, 0.25) is 0 Å². The fourth-order valence-electron chi connectivity index (χ4n) is 8.32. The number of aliphatic hydroxyl groups is 1. The summed E-state index contributed by atoms with van der Waals surface area (Å²) >= 11 is 0. The molecular formula is C55H84N4O. The van der Waals surface area contributed by atoms with E-state index in [9.17, 15) is 5.11 Å². The van der Waals surface area contributed by atoms with Gasteiger partial charge in [-0.3, -0.25) is 0 Å². The van der Waals surface area contributed by atoms with E-state index in [1.54, 1.807) is 0 Å². The summed E-state index contributed by atoms with van der Waals surface area (Å²) in [5, 5.41) is 26.0. The highest BCUT2D eigenvalue weighted by atomic mass is 16.3. The van der Waals surface area contributed by atoms with Crippen LogP contribution in [0.4, 0.5) is 11.4 Å². The predicted molar refractivity (Wildman–Crippen MR) is 275 cm³/mol. The number of fused-ring (bicyclic) bond motifs is 4. The van der Waals surface area contributed by atoms with Gasteiger partial charge in [-0.05, 0) is 139 Å². The lowest BCUT2D eigenvalue weighted by atomic mass is 9.68. The number of nitrogens with zero attached hydrogens (tertiary/aromatic N) is 1. The molecule has 5 nitrogen and oxygen atoms in total. The second-order valence-electron chi connectivity index (χ2n) is 14.9. The van der Waals surface area contributed by atoms with Crippen LogP contribution in [0.15, 0.2) is 89.7 Å². The largest absolute Gasteiger partial charge is 0.511 e. The van der Waals surface area contributed by atoms with E-state index in [0.29, 0.717) is 5.76 Å². The molecule has 0 amide bonds. The van der Waals surface area contributed by atoms with Crippen LogP contribution < -0.4 is 32.5 Å². The molecule has 1 unspecified atom stereocenters. The lowest BCUT2D eigenvalue weighted by Gasteiger charge is -2.37. The Hall–Kier alpha value is -4.58. The minimum Gasteiger partial charge on any atom is -0.511 e. The number of allylic oxidation sites excluding steroid dienone is 3. The van der Waals surface area contributed by atoms with Gasteiger partial charge in [-0.15, -0.1) is 0 Å². The van der Waals surface area contributed by atoms with E-state index in [1.807, 2.05) is 27.7 Å². The molecule has 0 radical (unpaired) electrons. The van der Waals surface area contributed by atoms with Crippen molar-refractivity contribution >= 4 is 61.4 Å². The molecule has 0 saturated carbocycles. The number of nitrogens with one attached hydrogen (secondary N) is 1. The van der Waals surface area contributed by atoms with Crippen molar-refractivity contribution in [1.29, 1.82) is 0 Å². The summed E-state index contributed by atoms with van der Waals surface area (Å²) in [6.07, 6.45) is 14.6. The number of aliphatic hydroxyl groups excluding tert-OH is 1. The highest BCUT2D eigenvalue weighted by Crippen LogP contribution is 2.55. The van der Waals surface area contributed by atoms with E-state index < -0.39 is 0 Å². The SMILES string of the molecule is C.CC.CC.CCCCC.CCCCCNc1ccc(C2C(O)=C(c3ccc(N(CC)CC)c4cc5c(cc34)=CCCC=5)C2=C(C)C)c2cc3ccccc3cc12.CN.N. The lowest BCUT2D eigenvalue weighted by Crippen LogP contribution is -2.28. The molecule has 5 heteroatoms. The highest BCUT2D eigenvalue weighted by Gasteiger charge is 2.40. The van der Waals surface area contributed by atoms with Gasteiger partial charge >= 0.3 is 0 Å². The highest BCUT2D eigenvalue weighted by molar-refractivity contribution is 6.10. The Bertz CT molecular complexity index is 2250. The number of unbranched alkanes of at least 4 members (excludes halogenated alkanes) is 4. The summed E-state index contributed by atoms with van der Waals surface area (Å²) in [4.78, 5) is 2.44. The van der Waals surface area contributed by atoms with Crippen LogP contribution in [0.1, 0.15) is 152 Å². The van der Waals surface area contributed by atoms with Gasteiger partial charge in [0.2, 0.25) is 0 Å². The van der Waals surface area contributed by atoms with Crippen molar-refractivity contribution in [3.05, 3.63) is 111 Å². The Balaban J connectivity index is 0.00000126. The number of benzene rings is 5. The number of anilines is 2. The van der Waals surface area contributed by atoms with Gasteiger partial charge in [0, 0.05) is 47.4 Å². The number of nitrogens with two attached hydrogens (primary N) is 1. The van der Waals surface area contributed by atoms with E-state index in [0.717, 1.165) is 50.0 Å². The Labute approximate surface area is 366 Å². The smallest absolute Gasteiger partial charge is 0.112 e. The quantitative estimate of drug-likeness (QED) is 0.0743. The molecule has 0 aromatic heterocycles. The monoisotopic (exact) mass is 817 g/mol. The van der Waals surface area contributed by atoms with Gasteiger partial charge in [0.15, 0.2) is 0 Å². The van der Waals surface area contributed by atoms with Crippen LogP contribution in [0.25, 0.3) is 50.0 Å². The van der Waals surface area contributed by atoms with Gasteiger partial charge in [-0.2, -0.15) is 0 Å².